The highest BCUT2D eigenvalue weighted by Crippen LogP contribution is 2.22. The van der Waals surface area contributed by atoms with Crippen LogP contribution in [0.1, 0.15) is 28.8 Å². The Morgan fingerprint density at radius 3 is 2.32 bits per heavy atom. The number of hydrogen-bond donors (Lipinski definition) is 1. The van der Waals surface area contributed by atoms with Gasteiger partial charge in [-0.15, -0.1) is 0 Å². The van der Waals surface area contributed by atoms with Crippen LogP contribution < -0.4 is 5.32 Å². The number of nitrogens with one attached hydrogen (secondary N) is 1. The normalized spacial score (nSPS) is 15.3. The van der Waals surface area contributed by atoms with E-state index in [-0.39, 0.29) is 16.6 Å². The van der Waals surface area contributed by atoms with Crippen molar-refractivity contribution in [3.63, 3.8) is 0 Å². The molecule has 1 heterocycles. The van der Waals surface area contributed by atoms with Crippen LogP contribution >= 0.6 is 0 Å². The van der Waals surface area contributed by atoms with E-state index in [9.17, 15) is 17.6 Å². The lowest BCUT2D eigenvalue weighted by Crippen LogP contribution is -2.27. The Balaban J connectivity index is 1.76. The predicted molar refractivity (Wildman–Crippen MR) is 93.5 cm³/mol. The number of sulfonamides is 1. The van der Waals surface area contributed by atoms with Crippen LogP contribution in [0.15, 0.2) is 47.4 Å². The third kappa shape index (κ3) is 3.72. The smallest absolute Gasteiger partial charge is 0.255 e. The molecule has 1 fully saturated rings. The van der Waals surface area contributed by atoms with Crippen molar-refractivity contribution in [2.24, 2.45) is 0 Å². The second-order valence-electron chi connectivity index (χ2n) is 6.05. The van der Waals surface area contributed by atoms with Gasteiger partial charge in [-0.25, -0.2) is 12.8 Å². The number of carbonyl (C=O) groups excluding carboxylic acids is 1. The molecule has 0 radical (unpaired) electrons. The van der Waals surface area contributed by atoms with Crippen LogP contribution in [0.5, 0.6) is 0 Å². The molecule has 1 amide bonds. The minimum atomic E-state index is -3.49. The van der Waals surface area contributed by atoms with Crippen LogP contribution in [0.2, 0.25) is 0 Å². The summed E-state index contributed by atoms with van der Waals surface area (Å²) in [6, 6.07) is 9.96. The zero-order chi connectivity index (χ0) is 18.0. The Bertz CT molecular complexity index is 889. The maximum Gasteiger partial charge on any atom is 0.255 e. The van der Waals surface area contributed by atoms with Crippen LogP contribution in [-0.4, -0.2) is 31.7 Å². The quantitative estimate of drug-likeness (QED) is 0.908. The molecular weight excluding hydrogens is 343 g/mol. The zero-order valence-corrected chi connectivity index (χ0v) is 14.6. The monoisotopic (exact) mass is 362 g/mol. The highest BCUT2D eigenvalue weighted by molar-refractivity contribution is 7.89. The van der Waals surface area contributed by atoms with E-state index >= 15 is 0 Å². The maximum absolute atomic E-state index is 13.1. The van der Waals surface area contributed by atoms with Gasteiger partial charge in [-0.1, -0.05) is 0 Å². The van der Waals surface area contributed by atoms with E-state index in [2.05, 4.69) is 5.32 Å². The standard InChI is InChI=1S/C18H19FN2O3S/c1-13-12-15(19)6-9-17(13)20-18(22)14-4-7-16(8-5-14)25(23,24)21-10-2-3-11-21/h4-9,12H,2-3,10-11H2,1H3,(H,20,22). The van der Waals surface area contributed by atoms with Crippen LogP contribution in [-0.2, 0) is 10.0 Å². The zero-order valence-electron chi connectivity index (χ0n) is 13.8. The largest absolute Gasteiger partial charge is 0.322 e. The average Bonchev–Trinajstić information content (AvgIpc) is 3.13. The molecular formula is C18H19FN2O3S. The second kappa shape index (κ2) is 6.93. The molecule has 1 aliphatic rings. The third-order valence-electron chi connectivity index (χ3n) is 4.26. The molecule has 25 heavy (non-hydrogen) atoms. The number of hydrogen-bond acceptors (Lipinski definition) is 3. The summed E-state index contributed by atoms with van der Waals surface area (Å²) in [5.74, 6) is -0.744. The van der Waals surface area contributed by atoms with Gasteiger partial charge in [-0.3, -0.25) is 4.79 Å². The first-order valence-corrected chi connectivity index (χ1v) is 9.50. The molecule has 2 aromatic carbocycles. The van der Waals surface area contributed by atoms with Crippen molar-refractivity contribution in [1.82, 2.24) is 4.31 Å². The lowest BCUT2D eigenvalue weighted by molar-refractivity contribution is 0.102. The van der Waals surface area contributed by atoms with Crippen LogP contribution in [0.4, 0.5) is 10.1 Å². The summed E-state index contributed by atoms with van der Waals surface area (Å²) in [5.41, 5.74) is 1.46. The van der Waals surface area contributed by atoms with Gasteiger partial charge in [0.15, 0.2) is 0 Å². The van der Waals surface area contributed by atoms with Gasteiger partial charge in [0.25, 0.3) is 5.91 Å². The Kier molecular flexibility index (Phi) is 4.87. The summed E-state index contributed by atoms with van der Waals surface area (Å²) in [6.07, 6.45) is 1.74. The molecule has 0 saturated carbocycles. The molecule has 0 aliphatic carbocycles. The maximum atomic E-state index is 13.1. The van der Waals surface area contributed by atoms with Gasteiger partial charge in [0.05, 0.1) is 4.90 Å². The molecule has 1 saturated heterocycles. The van der Waals surface area contributed by atoms with E-state index in [0.717, 1.165) is 12.8 Å². The number of carbonyl (C=O) groups is 1. The second-order valence-corrected chi connectivity index (χ2v) is 7.99. The molecule has 1 N–H and O–H groups in total. The number of nitrogens with zero attached hydrogens (tertiary/aromatic N) is 1. The van der Waals surface area contributed by atoms with Gasteiger partial charge in [0.1, 0.15) is 5.82 Å². The summed E-state index contributed by atoms with van der Waals surface area (Å²) in [5, 5.41) is 2.70. The number of rotatable bonds is 4. The SMILES string of the molecule is Cc1cc(F)ccc1NC(=O)c1ccc(S(=O)(=O)N2CCCC2)cc1. The minimum absolute atomic E-state index is 0.184. The number of amides is 1. The van der Waals surface area contributed by atoms with E-state index in [0.29, 0.717) is 29.9 Å². The molecule has 132 valence electrons. The Morgan fingerprint density at radius 2 is 1.72 bits per heavy atom. The van der Waals surface area contributed by atoms with Gasteiger partial charge in [-0.05, 0) is 67.8 Å². The Morgan fingerprint density at radius 1 is 1.08 bits per heavy atom. The predicted octanol–water partition coefficient (Wildman–Crippen LogP) is 3.17. The van der Waals surface area contributed by atoms with Crippen molar-refractivity contribution < 1.29 is 17.6 Å². The highest BCUT2D eigenvalue weighted by atomic mass is 32.2. The van der Waals surface area contributed by atoms with E-state index in [1.165, 1.54) is 46.8 Å². The average molecular weight is 362 g/mol. The molecule has 7 heteroatoms. The van der Waals surface area contributed by atoms with Gasteiger partial charge < -0.3 is 5.32 Å². The van der Waals surface area contributed by atoms with Gasteiger partial charge in [-0.2, -0.15) is 4.31 Å². The molecule has 5 nitrogen and oxygen atoms in total. The van der Waals surface area contributed by atoms with E-state index in [1.54, 1.807) is 6.92 Å². The first-order chi connectivity index (χ1) is 11.9. The molecule has 0 spiro atoms. The van der Waals surface area contributed by atoms with Gasteiger partial charge >= 0.3 is 0 Å². The number of aryl methyl sites for hydroxylation is 1. The third-order valence-corrected chi connectivity index (χ3v) is 6.17. The van der Waals surface area contributed by atoms with Crippen molar-refractivity contribution in [2.45, 2.75) is 24.7 Å². The van der Waals surface area contributed by atoms with Crippen molar-refractivity contribution in [1.29, 1.82) is 0 Å². The fourth-order valence-corrected chi connectivity index (χ4v) is 4.33. The van der Waals surface area contributed by atoms with Gasteiger partial charge in [0.2, 0.25) is 10.0 Å². The minimum Gasteiger partial charge on any atom is -0.322 e. The summed E-state index contributed by atoms with van der Waals surface area (Å²) >= 11 is 0. The van der Waals surface area contributed by atoms with Crippen molar-refractivity contribution >= 4 is 21.6 Å². The molecule has 0 unspecified atom stereocenters. The molecule has 0 bridgehead atoms. The lowest BCUT2D eigenvalue weighted by Gasteiger charge is -2.15. The fraction of sp³-hybridized carbons (Fsp3) is 0.278. The van der Waals surface area contributed by atoms with E-state index in [1.807, 2.05) is 0 Å². The first kappa shape index (κ1) is 17.6. The van der Waals surface area contributed by atoms with Crippen LogP contribution in [0, 0.1) is 12.7 Å². The number of benzene rings is 2. The van der Waals surface area contributed by atoms with Crippen LogP contribution in [0.3, 0.4) is 0 Å². The topological polar surface area (TPSA) is 66.5 Å². The molecule has 0 atom stereocenters. The fourth-order valence-electron chi connectivity index (χ4n) is 2.82. The highest BCUT2D eigenvalue weighted by Gasteiger charge is 2.27. The van der Waals surface area contributed by atoms with Crippen molar-refractivity contribution in [3.8, 4) is 0 Å². The summed E-state index contributed by atoms with van der Waals surface area (Å²) in [4.78, 5) is 12.5. The molecule has 0 aromatic heterocycles. The molecule has 2 aromatic rings. The Hall–Kier alpha value is -2.25. The van der Waals surface area contributed by atoms with E-state index in [4.69, 9.17) is 0 Å². The molecule has 1 aliphatic heterocycles. The summed E-state index contributed by atoms with van der Waals surface area (Å²) in [6.45, 7) is 2.77. The van der Waals surface area contributed by atoms with Crippen molar-refractivity contribution in [3.05, 3.63) is 59.4 Å². The number of halogens is 1. The molecule has 3 rings (SSSR count). The summed E-state index contributed by atoms with van der Waals surface area (Å²) in [7, 11) is -3.49. The first-order valence-electron chi connectivity index (χ1n) is 8.05. The number of anilines is 1. The van der Waals surface area contributed by atoms with E-state index < -0.39 is 10.0 Å². The van der Waals surface area contributed by atoms with Gasteiger partial charge in [0, 0.05) is 24.3 Å². The lowest BCUT2D eigenvalue weighted by atomic mass is 10.1. The Labute approximate surface area is 146 Å². The van der Waals surface area contributed by atoms with Crippen LogP contribution in [0.25, 0.3) is 0 Å². The summed E-state index contributed by atoms with van der Waals surface area (Å²) < 4.78 is 39.5. The van der Waals surface area contributed by atoms with Crippen molar-refractivity contribution in [2.75, 3.05) is 18.4 Å².